The van der Waals surface area contributed by atoms with Crippen LogP contribution in [-0.4, -0.2) is 64.3 Å². The van der Waals surface area contributed by atoms with Crippen molar-refractivity contribution in [1.82, 2.24) is 0 Å². The molecule has 1 nitrogen and oxygen atoms in total. The van der Waals surface area contributed by atoms with Crippen LogP contribution in [0.1, 0.15) is 0 Å². The van der Waals surface area contributed by atoms with E-state index in [1.165, 1.54) is 0 Å². The molecule has 0 spiro atoms. The summed E-state index contributed by atoms with van der Waals surface area (Å²) in [4.78, 5) is 0. The molecule has 1 aliphatic carbocycles. The molecule has 180 valence electrons. The predicted octanol–water partition coefficient (Wildman–Crippen LogP) is 5.38. The zero-order chi connectivity index (χ0) is 25.0. The Hall–Kier alpha value is -1.37. The molecule has 0 bridgehead atoms. The summed E-state index contributed by atoms with van der Waals surface area (Å²) in [5.41, 5.74) is -26.5. The smallest absolute Gasteiger partial charge is 0.354 e. The first-order valence-corrected chi connectivity index (χ1v) is 6.31. The second-order valence-electron chi connectivity index (χ2n) is 5.81. The van der Waals surface area contributed by atoms with Gasteiger partial charge in [0.25, 0.3) is 5.67 Å². The Bertz CT molecular complexity index is 650. The number of halogens is 19. The van der Waals surface area contributed by atoms with Gasteiger partial charge in [-0.2, -0.15) is 65.9 Å². The third-order valence-electron chi connectivity index (χ3n) is 4.21. The number of hydrogen-bond acceptors (Lipinski definition) is 1. The zero-order valence-corrected chi connectivity index (χ0v) is 12.6. The molecular weight excluding hydrogens is 497 g/mol. The number of alkyl halides is 19. The molecule has 20 heteroatoms. The van der Waals surface area contributed by atoms with Crippen LogP contribution in [0.15, 0.2) is 0 Å². The van der Waals surface area contributed by atoms with Crippen LogP contribution in [0.4, 0.5) is 83.4 Å². The number of hydrogen-bond donors (Lipinski definition) is 1. The molecule has 3 atom stereocenters. The van der Waals surface area contributed by atoms with Crippen molar-refractivity contribution < 1.29 is 88.5 Å². The second kappa shape index (κ2) is 5.70. The molecule has 1 aliphatic rings. The van der Waals surface area contributed by atoms with Gasteiger partial charge in [-0.25, -0.2) is 17.6 Å². The van der Waals surface area contributed by atoms with Crippen LogP contribution >= 0.6 is 0 Å². The Balaban J connectivity index is 4.39. The first-order chi connectivity index (χ1) is 12.5. The summed E-state index contributed by atoms with van der Waals surface area (Å²) in [5.74, 6) is -34.8. The van der Waals surface area contributed by atoms with Crippen molar-refractivity contribution in [1.29, 1.82) is 0 Å². The van der Waals surface area contributed by atoms with Crippen LogP contribution in [0.25, 0.3) is 0 Å². The summed E-state index contributed by atoms with van der Waals surface area (Å²) in [6, 6.07) is 0. The predicted molar refractivity (Wildman–Crippen MR) is 50.6 cm³/mol. The monoisotopic (exact) mass is 498 g/mol. The molecule has 0 radical (unpaired) electrons. The minimum atomic E-state index is -9.02. The van der Waals surface area contributed by atoms with Gasteiger partial charge in [-0.3, -0.25) is 0 Å². The highest BCUT2D eigenvalue weighted by molar-refractivity contribution is 5.36. The molecule has 0 aromatic heterocycles. The summed E-state index contributed by atoms with van der Waals surface area (Å²) in [5, 5.41) is 8.37. The minimum absolute atomic E-state index is 8.21. The molecule has 30 heavy (non-hydrogen) atoms. The van der Waals surface area contributed by atoms with E-state index in [0.29, 0.717) is 0 Å². The Labute approximate surface area is 149 Å². The van der Waals surface area contributed by atoms with E-state index in [4.69, 9.17) is 5.11 Å². The van der Waals surface area contributed by atoms with Crippen molar-refractivity contribution in [2.75, 3.05) is 0 Å². The van der Waals surface area contributed by atoms with Gasteiger partial charge in [0.2, 0.25) is 0 Å². The first-order valence-electron chi connectivity index (χ1n) is 6.31. The van der Waals surface area contributed by atoms with Crippen LogP contribution < -0.4 is 0 Å². The first kappa shape index (κ1) is 26.7. The molecule has 0 aliphatic heterocycles. The summed E-state index contributed by atoms with van der Waals surface area (Å²) in [6.45, 7) is 0. The SMILES string of the molecule is OC1(F)C(F)(F)C(F)(C(F)(F)F)C(F)(F)C(F)(F)C1(F)C(F)(C(F)(F)F)C(F)(F)F. The third-order valence-corrected chi connectivity index (χ3v) is 4.21. The molecule has 0 aromatic carbocycles. The van der Waals surface area contributed by atoms with E-state index < -0.39 is 59.2 Å². The van der Waals surface area contributed by atoms with Gasteiger partial charge in [0, 0.05) is 0 Å². The average molecular weight is 498 g/mol. The quantitative estimate of drug-likeness (QED) is 0.482. The minimum Gasteiger partial charge on any atom is -0.354 e. The van der Waals surface area contributed by atoms with Gasteiger partial charge in [0.05, 0.1) is 0 Å². The lowest BCUT2D eigenvalue weighted by molar-refractivity contribution is -0.542. The Morgan fingerprint density at radius 3 is 0.933 bits per heavy atom. The van der Waals surface area contributed by atoms with Gasteiger partial charge in [-0.1, -0.05) is 0 Å². The maximum absolute atomic E-state index is 14.2. The van der Waals surface area contributed by atoms with Crippen molar-refractivity contribution >= 4 is 0 Å². The molecule has 1 fully saturated rings. The topological polar surface area (TPSA) is 20.2 Å². The molecule has 0 aromatic rings. The summed E-state index contributed by atoms with van der Waals surface area (Å²) < 4.78 is 249. The van der Waals surface area contributed by atoms with Gasteiger partial charge in [0.15, 0.2) is 0 Å². The van der Waals surface area contributed by atoms with E-state index in [9.17, 15) is 83.4 Å². The fourth-order valence-corrected chi connectivity index (χ4v) is 2.63. The van der Waals surface area contributed by atoms with Crippen molar-refractivity contribution in [3.8, 4) is 0 Å². The Morgan fingerprint density at radius 2 is 0.700 bits per heavy atom. The van der Waals surface area contributed by atoms with E-state index in [0.717, 1.165) is 0 Å². The second-order valence-corrected chi connectivity index (χ2v) is 5.81. The molecular formula is C10HF19O. The van der Waals surface area contributed by atoms with E-state index >= 15 is 0 Å². The molecule has 0 heterocycles. The van der Waals surface area contributed by atoms with Gasteiger partial charge in [-0.05, 0) is 0 Å². The van der Waals surface area contributed by atoms with Crippen molar-refractivity contribution in [3.63, 3.8) is 0 Å². The Kier molecular flexibility index (Phi) is 5.07. The van der Waals surface area contributed by atoms with Crippen molar-refractivity contribution in [2.24, 2.45) is 0 Å². The van der Waals surface area contributed by atoms with Gasteiger partial charge < -0.3 is 5.11 Å². The normalized spacial score (nSPS) is 37.2. The highest BCUT2D eigenvalue weighted by Crippen LogP contribution is 2.76. The lowest BCUT2D eigenvalue weighted by Crippen LogP contribution is -2.94. The lowest BCUT2D eigenvalue weighted by atomic mass is 9.60. The maximum Gasteiger partial charge on any atom is 0.435 e. The number of aliphatic hydroxyl groups is 1. The van der Waals surface area contributed by atoms with E-state index in [-0.39, 0.29) is 0 Å². The number of rotatable bonds is 1. The molecule has 1 rings (SSSR count). The Morgan fingerprint density at radius 1 is 0.433 bits per heavy atom. The van der Waals surface area contributed by atoms with Crippen molar-refractivity contribution in [3.05, 3.63) is 0 Å². The standard InChI is InChI=1S/C10HF19O/c11-1(2(12,8(21,22)23)9(24,25)26)4(14,15)5(16,17)3(13,10(27,28)29)6(18,19)7(1,20)30/h30H. The van der Waals surface area contributed by atoms with Gasteiger partial charge in [0.1, 0.15) is 0 Å². The van der Waals surface area contributed by atoms with Crippen molar-refractivity contribution in [2.45, 2.75) is 59.2 Å². The van der Waals surface area contributed by atoms with Crippen LogP contribution in [0.3, 0.4) is 0 Å². The molecule has 3 unspecified atom stereocenters. The molecule has 1 saturated carbocycles. The van der Waals surface area contributed by atoms with Crippen LogP contribution in [-0.2, 0) is 0 Å². The fraction of sp³-hybridized carbons (Fsp3) is 1.00. The average Bonchev–Trinajstić information content (AvgIpc) is 2.46. The summed E-state index contributed by atoms with van der Waals surface area (Å²) in [6.07, 6.45) is -25.1. The van der Waals surface area contributed by atoms with E-state index in [2.05, 4.69) is 0 Å². The summed E-state index contributed by atoms with van der Waals surface area (Å²) >= 11 is 0. The van der Waals surface area contributed by atoms with Crippen LogP contribution in [0.5, 0.6) is 0 Å². The molecule has 0 saturated heterocycles. The summed E-state index contributed by atoms with van der Waals surface area (Å²) in [7, 11) is 0. The van der Waals surface area contributed by atoms with Gasteiger partial charge >= 0.3 is 53.5 Å². The molecule has 1 N–H and O–H groups in total. The lowest BCUT2D eigenvalue weighted by Gasteiger charge is -2.59. The molecule has 0 amide bonds. The largest absolute Gasteiger partial charge is 0.435 e. The maximum atomic E-state index is 14.2. The van der Waals surface area contributed by atoms with E-state index in [1.54, 1.807) is 0 Å². The van der Waals surface area contributed by atoms with Crippen LogP contribution in [0, 0.1) is 0 Å². The zero-order valence-electron chi connectivity index (χ0n) is 12.6. The third kappa shape index (κ3) is 2.23. The van der Waals surface area contributed by atoms with Crippen LogP contribution in [0.2, 0.25) is 0 Å². The highest BCUT2D eigenvalue weighted by atomic mass is 19.4. The highest BCUT2D eigenvalue weighted by Gasteiger charge is 3.10. The fourth-order valence-electron chi connectivity index (χ4n) is 2.63. The van der Waals surface area contributed by atoms with Gasteiger partial charge in [-0.15, -0.1) is 0 Å². The van der Waals surface area contributed by atoms with E-state index in [1.807, 2.05) is 0 Å².